The lowest BCUT2D eigenvalue weighted by Gasteiger charge is -2.22. The van der Waals surface area contributed by atoms with Crippen LogP contribution in [-0.2, 0) is 9.47 Å². The van der Waals surface area contributed by atoms with E-state index >= 15 is 0 Å². The molecule has 1 fully saturated rings. The van der Waals surface area contributed by atoms with Crippen molar-refractivity contribution in [1.82, 2.24) is 4.98 Å². The standard InChI is InChI=1S/C12H14ClNO3/c1-12(4-2-6-17-12)8-16-11(15)9-3-5-14-7-10(9)13/h3,5,7H,2,4,6,8H2,1H3/t12-/m0/s1. The van der Waals surface area contributed by atoms with Gasteiger partial charge in [0, 0.05) is 19.0 Å². The zero-order valence-electron chi connectivity index (χ0n) is 9.61. The van der Waals surface area contributed by atoms with Crippen LogP contribution in [0.25, 0.3) is 0 Å². The Kier molecular flexibility index (Phi) is 3.64. The van der Waals surface area contributed by atoms with Crippen molar-refractivity contribution < 1.29 is 14.3 Å². The van der Waals surface area contributed by atoms with E-state index in [1.807, 2.05) is 6.92 Å². The smallest absolute Gasteiger partial charge is 0.339 e. The number of carbonyl (C=O) groups excluding carboxylic acids is 1. The highest BCUT2D eigenvalue weighted by atomic mass is 35.5. The molecule has 0 unspecified atom stereocenters. The molecule has 1 atom stereocenters. The molecule has 0 aliphatic carbocycles. The highest BCUT2D eigenvalue weighted by Gasteiger charge is 2.31. The first-order valence-corrected chi connectivity index (χ1v) is 5.89. The average Bonchev–Trinajstić information content (AvgIpc) is 2.74. The van der Waals surface area contributed by atoms with E-state index in [1.165, 1.54) is 12.4 Å². The minimum absolute atomic E-state index is 0.254. The molecule has 0 aromatic carbocycles. The van der Waals surface area contributed by atoms with Gasteiger partial charge in [-0.2, -0.15) is 0 Å². The lowest BCUT2D eigenvalue weighted by molar-refractivity contribution is -0.0378. The summed E-state index contributed by atoms with van der Waals surface area (Å²) >= 11 is 5.85. The second kappa shape index (κ2) is 5.02. The molecule has 4 nitrogen and oxygen atoms in total. The van der Waals surface area contributed by atoms with E-state index in [2.05, 4.69) is 4.98 Å². The Morgan fingerprint density at radius 1 is 1.71 bits per heavy atom. The SMILES string of the molecule is C[C@@]1(COC(=O)c2ccncc2Cl)CCCO1. The van der Waals surface area contributed by atoms with Gasteiger partial charge in [-0.3, -0.25) is 4.98 Å². The van der Waals surface area contributed by atoms with E-state index in [0.717, 1.165) is 19.4 Å². The number of hydrogen-bond donors (Lipinski definition) is 0. The van der Waals surface area contributed by atoms with Crippen LogP contribution in [0.3, 0.4) is 0 Å². The van der Waals surface area contributed by atoms with Gasteiger partial charge in [-0.25, -0.2) is 4.79 Å². The van der Waals surface area contributed by atoms with Gasteiger partial charge < -0.3 is 9.47 Å². The highest BCUT2D eigenvalue weighted by molar-refractivity contribution is 6.33. The molecule has 0 spiro atoms. The first-order chi connectivity index (χ1) is 8.11. The number of nitrogens with zero attached hydrogens (tertiary/aromatic N) is 1. The molecule has 1 saturated heterocycles. The third kappa shape index (κ3) is 2.96. The summed E-state index contributed by atoms with van der Waals surface area (Å²) in [6, 6.07) is 1.54. The summed E-state index contributed by atoms with van der Waals surface area (Å²) in [4.78, 5) is 15.6. The predicted octanol–water partition coefficient (Wildman–Crippen LogP) is 2.46. The van der Waals surface area contributed by atoms with E-state index in [0.29, 0.717) is 10.6 Å². The monoisotopic (exact) mass is 255 g/mol. The molecule has 0 radical (unpaired) electrons. The second-order valence-corrected chi connectivity index (χ2v) is 4.74. The molecule has 2 heterocycles. The summed E-state index contributed by atoms with van der Waals surface area (Å²) in [5, 5.41) is 0.301. The minimum atomic E-state index is -0.436. The Balaban J connectivity index is 1.96. The topological polar surface area (TPSA) is 48.4 Å². The third-order valence-corrected chi connectivity index (χ3v) is 3.10. The fourth-order valence-corrected chi connectivity index (χ4v) is 1.98. The molecule has 0 bridgehead atoms. The zero-order valence-corrected chi connectivity index (χ0v) is 10.4. The van der Waals surface area contributed by atoms with Gasteiger partial charge in [0.25, 0.3) is 0 Å². The van der Waals surface area contributed by atoms with Crippen LogP contribution in [0, 0.1) is 0 Å². The Morgan fingerprint density at radius 3 is 3.18 bits per heavy atom. The van der Waals surface area contributed by atoms with Crippen LogP contribution < -0.4 is 0 Å². The zero-order chi connectivity index (χ0) is 12.3. The van der Waals surface area contributed by atoms with Crippen LogP contribution in [0.5, 0.6) is 0 Å². The Bertz CT molecular complexity index is 416. The average molecular weight is 256 g/mol. The molecule has 1 aliphatic rings. The molecule has 1 aromatic rings. The van der Waals surface area contributed by atoms with Crippen LogP contribution >= 0.6 is 11.6 Å². The minimum Gasteiger partial charge on any atom is -0.459 e. The second-order valence-electron chi connectivity index (χ2n) is 4.33. The molecule has 2 rings (SSSR count). The molecular weight excluding hydrogens is 242 g/mol. The molecule has 1 aliphatic heterocycles. The maximum atomic E-state index is 11.8. The van der Waals surface area contributed by atoms with Gasteiger partial charge in [-0.1, -0.05) is 11.6 Å². The number of pyridine rings is 1. The first-order valence-electron chi connectivity index (χ1n) is 5.51. The van der Waals surface area contributed by atoms with Crippen molar-refractivity contribution in [3.05, 3.63) is 29.0 Å². The van der Waals surface area contributed by atoms with Crippen LogP contribution in [-0.4, -0.2) is 29.8 Å². The molecule has 1 aromatic heterocycles. The van der Waals surface area contributed by atoms with Crippen LogP contribution in [0.1, 0.15) is 30.1 Å². The van der Waals surface area contributed by atoms with E-state index in [-0.39, 0.29) is 12.2 Å². The predicted molar refractivity (Wildman–Crippen MR) is 63.1 cm³/mol. The Morgan fingerprint density at radius 2 is 2.53 bits per heavy atom. The summed E-state index contributed by atoms with van der Waals surface area (Å²) in [6.45, 7) is 2.93. The largest absolute Gasteiger partial charge is 0.459 e. The van der Waals surface area contributed by atoms with Gasteiger partial charge in [0.2, 0.25) is 0 Å². The highest BCUT2D eigenvalue weighted by Crippen LogP contribution is 2.25. The number of hydrogen-bond acceptors (Lipinski definition) is 4. The van der Waals surface area contributed by atoms with Crippen molar-refractivity contribution in [1.29, 1.82) is 0 Å². The number of esters is 1. The number of ether oxygens (including phenoxy) is 2. The first kappa shape index (κ1) is 12.3. The lowest BCUT2D eigenvalue weighted by Crippen LogP contribution is -2.31. The maximum absolute atomic E-state index is 11.8. The van der Waals surface area contributed by atoms with E-state index in [1.54, 1.807) is 6.07 Å². The number of aromatic nitrogens is 1. The lowest BCUT2D eigenvalue weighted by atomic mass is 10.0. The molecule has 5 heteroatoms. The fourth-order valence-electron chi connectivity index (χ4n) is 1.79. The summed E-state index contributed by atoms with van der Waals surface area (Å²) in [6.07, 6.45) is 4.84. The quantitative estimate of drug-likeness (QED) is 0.779. The van der Waals surface area contributed by atoms with Gasteiger partial charge in [-0.15, -0.1) is 0 Å². The van der Waals surface area contributed by atoms with Gasteiger partial charge in [-0.05, 0) is 25.8 Å². The summed E-state index contributed by atoms with van der Waals surface area (Å²) < 4.78 is 10.8. The van der Waals surface area contributed by atoms with Crippen molar-refractivity contribution >= 4 is 17.6 Å². The van der Waals surface area contributed by atoms with Gasteiger partial charge >= 0.3 is 5.97 Å². The number of rotatable bonds is 3. The summed E-state index contributed by atoms with van der Waals surface area (Å²) in [5.74, 6) is -0.436. The van der Waals surface area contributed by atoms with Gasteiger partial charge in [0.1, 0.15) is 6.61 Å². The van der Waals surface area contributed by atoms with Gasteiger partial charge in [0.15, 0.2) is 0 Å². The molecule has 0 N–H and O–H groups in total. The van der Waals surface area contributed by atoms with E-state index in [4.69, 9.17) is 21.1 Å². The number of halogens is 1. The van der Waals surface area contributed by atoms with Crippen molar-refractivity contribution in [2.45, 2.75) is 25.4 Å². The fraction of sp³-hybridized carbons (Fsp3) is 0.500. The van der Waals surface area contributed by atoms with Crippen LogP contribution in [0.4, 0.5) is 0 Å². The van der Waals surface area contributed by atoms with Crippen molar-refractivity contribution in [3.8, 4) is 0 Å². The summed E-state index contributed by atoms with van der Waals surface area (Å²) in [7, 11) is 0. The maximum Gasteiger partial charge on any atom is 0.339 e. The molecule has 0 amide bonds. The van der Waals surface area contributed by atoms with E-state index in [9.17, 15) is 4.79 Å². The van der Waals surface area contributed by atoms with Crippen LogP contribution in [0.2, 0.25) is 5.02 Å². The molecular formula is C12H14ClNO3. The summed E-state index contributed by atoms with van der Waals surface area (Å²) in [5.41, 5.74) is -0.0157. The van der Waals surface area contributed by atoms with Crippen molar-refractivity contribution in [2.75, 3.05) is 13.2 Å². The normalized spacial score (nSPS) is 23.6. The Hall–Kier alpha value is -1.13. The molecule has 92 valence electrons. The molecule has 0 saturated carbocycles. The molecule has 17 heavy (non-hydrogen) atoms. The van der Waals surface area contributed by atoms with E-state index < -0.39 is 5.97 Å². The van der Waals surface area contributed by atoms with Crippen LogP contribution in [0.15, 0.2) is 18.5 Å². The third-order valence-electron chi connectivity index (χ3n) is 2.80. The Labute approximate surface area is 105 Å². The van der Waals surface area contributed by atoms with Gasteiger partial charge in [0.05, 0.1) is 16.2 Å². The number of carbonyl (C=O) groups is 1. The van der Waals surface area contributed by atoms with Crippen molar-refractivity contribution in [2.24, 2.45) is 0 Å². The van der Waals surface area contributed by atoms with Crippen molar-refractivity contribution in [3.63, 3.8) is 0 Å².